The molecule has 0 spiro atoms. The molecule has 0 aliphatic carbocycles. The van der Waals surface area contributed by atoms with Gasteiger partial charge in [-0.15, -0.1) is 0 Å². The van der Waals surface area contributed by atoms with E-state index in [2.05, 4.69) is 23.3 Å². The Kier molecular flexibility index (Phi) is 4.27. The molecule has 19 heavy (non-hydrogen) atoms. The number of benzene rings is 1. The molecule has 1 aromatic heterocycles. The van der Waals surface area contributed by atoms with E-state index in [4.69, 9.17) is 0 Å². The molecule has 0 amide bonds. The molecule has 0 aliphatic heterocycles. The summed E-state index contributed by atoms with van der Waals surface area (Å²) < 4.78 is 13.3. The van der Waals surface area contributed by atoms with Crippen LogP contribution in [0.4, 0.5) is 4.39 Å². The van der Waals surface area contributed by atoms with E-state index in [9.17, 15) is 4.39 Å². The molecule has 0 aliphatic rings. The molecule has 1 N–H and O–H groups in total. The molecule has 1 aromatic carbocycles. The Balaban J connectivity index is 2.25. The number of aromatic nitrogens is 1. The van der Waals surface area contributed by atoms with Gasteiger partial charge in [0.25, 0.3) is 0 Å². The smallest absolute Gasteiger partial charge is 0.126 e. The van der Waals surface area contributed by atoms with Gasteiger partial charge in [0.2, 0.25) is 0 Å². The molecule has 2 aromatic rings. The van der Waals surface area contributed by atoms with Crippen molar-refractivity contribution in [3.63, 3.8) is 0 Å². The van der Waals surface area contributed by atoms with Crippen molar-refractivity contribution >= 4 is 0 Å². The van der Waals surface area contributed by atoms with E-state index in [-0.39, 0.29) is 11.9 Å². The van der Waals surface area contributed by atoms with Crippen LogP contribution < -0.4 is 5.32 Å². The lowest BCUT2D eigenvalue weighted by Gasteiger charge is -2.18. The SMILES string of the molecule is CNC(Cc1ncccc1C)c1ccc(F)c(C)c1. The molecular weight excluding hydrogens is 239 g/mol. The van der Waals surface area contributed by atoms with Gasteiger partial charge in [-0.1, -0.05) is 18.2 Å². The highest BCUT2D eigenvalue weighted by Crippen LogP contribution is 2.21. The maximum Gasteiger partial charge on any atom is 0.126 e. The molecule has 100 valence electrons. The summed E-state index contributed by atoms with van der Waals surface area (Å²) in [6, 6.07) is 9.41. The molecule has 1 unspecified atom stereocenters. The average Bonchev–Trinajstić information content (AvgIpc) is 2.41. The number of halogens is 1. The zero-order valence-corrected chi connectivity index (χ0v) is 11.6. The van der Waals surface area contributed by atoms with Gasteiger partial charge >= 0.3 is 0 Å². The van der Waals surface area contributed by atoms with Crippen LogP contribution in [0.15, 0.2) is 36.5 Å². The molecule has 3 heteroatoms. The summed E-state index contributed by atoms with van der Waals surface area (Å²) in [6.07, 6.45) is 2.61. The molecule has 0 saturated carbocycles. The molecule has 0 fully saturated rings. The molecule has 0 radical (unpaired) electrons. The second-order valence-corrected chi connectivity index (χ2v) is 4.82. The number of hydrogen-bond acceptors (Lipinski definition) is 2. The molecule has 1 atom stereocenters. The topological polar surface area (TPSA) is 24.9 Å². The second kappa shape index (κ2) is 5.93. The van der Waals surface area contributed by atoms with Gasteiger partial charge in [-0.2, -0.15) is 0 Å². The number of aryl methyl sites for hydroxylation is 2. The van der Waals surface area contributed by atoms with Crippen LogP contribution in [-0.4, -0.2) is 12.0 Å². The van der Waals surface area contributed by atoms with E-state index in [0.717, 1.165) is 17.7 Å². The van der Waals surface area contributed by atoms with Gasteiger partial charge in [-0.25, -0.2) is 4.39 Å². The standard InChI is InChI=1S/C16H19FN2/c1-11-5-4-8-19-15(11)10-16(18-3)13-6-7-14(17)12(2)9-13/h4-9,16,18H,10H2,1-3H3. The van der Waals surface area contributed by atoms with Crippen molar-refractivity contribution in [1.29, 1.82) is 0 Å². The van der Waals surface area contributed by atoms with Crippen LogP contribution in [-0.2, 0) is 6.42 Å². The number of nitrogens with zero attached hydrogens (tertiary/aromatic N) is 1. The monoisotopic (exact) mass is 258 g/mol. The van der Waals surface area contributed by atoms with E-state index in [1.54, 1.807) is 6.92 Å². The highest BCUT2D eigenvalue weighted by Gasteiger charge is 2.13. The highest BCUT2D eigenvalue weighted by atomic mass is 19.1. The number of likely N-dealkylation sites (N-methyl/N-ethyl adjacent to an activating group) is 1. The normalized spacial score (nSPS) is 12.4. The van der Waals surface area contributed by atoms with Crippen LogP contribution in [0.3, 0.4) is 0 Å². The minimum atomic E-state index is -0.160. The fourth-order valence-electron chi connectivity index (χ4n) is 2.20. The summed E-state index contributed by atoms with van der Waals surface area (Å²) in [5.74, 6) is -0.160. The van der Waals surface area contributed by atoms with Gasteiger partial charge < -0.3 is 5.32 Å². The zero-order chi connectivity index (χ0) is 13.8. The van der Waals surface area contributed by atoms with E-state index in [1.807, 2.05) is 31.4 Å². The Morgan fingerprint density at radius 2 is 2.00 bits per heavy atom. The molecule has 0 saturated heterocycles. The Hall–Kier alpha value is -1.74. The van der Waals surface area contributed by atoms with Gasteiger partial charge in [-0.05, 0) is 49.7 Å². The minimum absolute atomic E-state index is 0.146. The second-order valence-electron chi connectivity index (χ2n) is 4.82. The van der Waals surface area contributed by atoms with E-state index >= 15 is 0 Å². The highest BCUT2D eigenvalue weighted by molar-refractivity contribution is 5.28. The zero-order valence-electron chi connectivity index (χ0n) is 11.6. The van der Waals surface area contributed by atoms with Crippen LogP contribution >= 0.6 is 0 Å². The number of nitrogens with one attached hydrogen (secondary N) is 1. The number of pyridine rings is 1. The maximum absolute atomic E-state index is 13.3. The van der Waals surface area contributed by atoms with Crippen molar-refractivity contribution in [1.82, 2.24) is 10.3 Å². The third-order valence-corrected chi connectivity index (χ3v) is 3.45. The summed E-state index contributed by atoms with van der Waals surface area (Å²) >= 11 is 0. The Morgan fingerprint density at radius 3 is 2.63 bits per heavy atom. The first-order chi connectivity index (χ1) is 9.11. The van der Waals surface area contributed by atoms with Crippen LogP contribution in [0.25, 0.3) is 0 Å². The molecule has 1 heterocycles. The quantitative estimate of drug-likeness (QED) is 0.909. The first kappa shape index (κ1) is 13.7. The fourth-order valence-corrected chi connectivity index (χ4v) is 2.20. The summed E-state index contributed by atoms with van der Waals surface area (Å²) in [4.78, 5) is 4.42. The van der Waals surface area contributed by atoms with Gasteiger partial charge in [0.15, 0.2) is 0 Å². The lowest BCUT2D eigenvalue weighted by molar-refractivity contribution is 0.575. The van der Waals surface area contributed by atoms with Crippen molar-refractivity contribution in [3.05, 3.63) is 64.7 Å². The Labute approximate surface area is 113 Å². The van der Waals surface area contributed by atoms with Crippen LogP contribution in [0.1, 0.15) is 28.4 Å². The third-order valence-electron chi connectivity index (χ3n) is 3.45. The van der Waals surface area contributed by atoms with Crippen LogP contribution in [0, 0.1) is 19.7 Å². The first-order valence-electron chi connectivity index (χ1n) is 6.45. The Morgan fingerprint density at radius 1 is 1.21 bits per heavy atom. The molecule has 0 bridgehead atoms. The lowest BCUT2D eigenvalue weighted by atomic mass is 9.98. The van der Waals surface area contributed by atoms with E-state index < -0.39 is 0 Å². The summed E-state index contributed by atoms with van der Waals surface area (Å²) in [7, 11) is 1.92. The van der Waals surface area contributed by atoms with Crippen molar-refractivity contribution in [2.75, 3.05) is 7.05 Å². The van der Waals surface area contributed by atoms with Gasteiger partial charge in [0, 0.05) is 24.4 Å². The van der Waals surface area contributed by atoms with Crippen molar-refractivity contribution in [2.45, 2.75) is 26.3 Å². The van der Waals surface area contributed by atoms with E-state index in [0.29, 0.717) is 5.56 Å². The molecular formula is C16H19FN2. The van der Waals surface area contributed by atoms with E-state index in [1.165, 1.54) is 11.6 Å². The lowest BCUT2D eigenvalue weighted by Crippen LogP contribution is -2.20. The number of hydrogen-bond donors (Lipinski definition) is 1. The largest absolute Gasteiger partial charge is 0.313 e. The predicted octanol–water partition coefficient (Wildman–Crippen LogP) is 3.34. The van der Waals surface area contributed by atoms with Crippen molar-refractivity contribution in [2.24, 2.45) is 0 Å². The minimum Gasteiger partial charge on any atom is -0.313 e. The first-order valence-corrected chi connectivity index (χ1v) is 6.45. The van der Waals surface area contributed by atoms with Gasteiger partial charge in [-0.3, -0.25) is 4.98 Å². The predicted molar refractivity (Wildman–Crippen MR) is 75.6 cm³/mol. The fraction of sp³-hybridized carbons (Fsp3) is 0.312. The third kappa shape index (κ3) is 3.18. The summed E-state index contributed by atoms with van der Waals surface area (Å²) in [5, 5.41) is 3.28. The van der Waals surface area contributed by atoms with Gasteiger partial charge in [0.05, 0.1) is 0 Å². The summed E-state index contributed by atoms with van der Waals surface area (Å²) in [5.41, 5.74) is 4.02. The van der Waals surface area contributed by atoms with Crippen molar-refractivity contribution < 1.29 is 4.39 Å². The summed E-state index contributed by atoms with van der Waals surface area (Å²) in [6.45, 7) is 3.85. The van der Waals surface area contributed by atoms with Crippen LogP contribution in [0.2, 0.25) is 0 Å². The van der Waals surface area contributed by atoms with Gasteiger partial charge in [0.1, 0.15) is 5.82 Å². The molecule has 2 rings (SSSR count). The van der Waals surface area contributed by atoms with Crippen LogP contribution in [0.5, 0.6) is 0 Å². The molecule has 2 nitrogen and oxygen atoms in total. The number of rotatable bonds is 4. The Bertz CT molecular complexity index is 566. The van der Waals surface area contributed by atoms with Crippen molar-refractivity contribution in [3.8, 4) is 0 Å². The maximum atomic E-state index is 13.3. The average molecular weight is 258 g/mol.